The number of carbonyl (C=O) groups is 1. The highest BCUT2D eigenvalue weighted by Crippen LogP contribution is 2.23. The highest BCUT2D eigenvalue weighted by Gasteiger charge is 2.21. The first kappa shape index (κ1) is 9.90. The minimum Gasteiger partial charge on any atom is -0.477 e. The quantitative estimate of drug-likeness (QED) is 0.513. The number of nitro benzene ring substituents is 1. The topological polar surface area (TPSA) is 80.4 Å². The Labute approximate surface area is 86.7 Å². The molecule has 0 unspecified atom stereocenters. The molecular formula is C7H4INO4. The Bertz CT molecular complexity index is 377. The van der Waals surface area contributed by atoms with Crippen molar-refractivity contribution < 1.29 is 14.8 Å². The fourth-order valence-corrected chi connectivity index (χ4v) is 1.59. The second-order valence-corrected chi connectivity index (χ2v) is 3.36. The van der Waals surface area contributed by atoms with Crippen LogP contribution in [0.15, 0.2) is 18.2 Å². The first-order chi connectivity index (χ1) is 6.04. The van der Waals surface area contributed by atoms with Crippen LogP contribution < -0.4 is 0 Å². The van der Waals surface area contributed by atoms with Crippen molar-refractivity contribution in [2.75, 3.05) is 0 Å². The van der Waals surface area contributed by atoms with E-state index in [0.29, 0.717) is 3.57 Å². The average molecular weight is 293 g/mol. The molecule has 0 aromatic heterocycles. The molecule has 0 amide bonds. The third kappa shape index (κ3) is 1.94. The van der Waals surface area contributed by atoms with Crippen molar-refractivity contribution in [1.29, 1.82) is 0 Å². The summed E-state index contributed by atoms with van der Waals surface area (Å²) in [6.07, 6.45) is 0. The lowest BCUT2D eigenvalue weighted by molar-refractivity contribution is -0.385. The van der Waals surface area contributed by atoms with Crippen molar-refractivity contribution in [3.05, 3.63) is 37.4 Å². The normalized spacial score (nSPS) is 9.62. The molecule has 6 heteroatoms. The molecule has 0 spiro atoms. The van der Waals surface area contributed by atoms with Gasteiger partial charge in [-0.05, 0) is 28.7 Å². The van der Waals surface area contributed by atoms with Crippen LogP contribution in [-0.2, 0) is 0 Å². The molecule has 0 aliphatic carbocycles. The summed E-state index contributed by atoms with van der Waals surface area (Å²) in [7, 11) is 0. The van der Waals surface area contributed by atoms with Gasteiger partial charge in [0, 0.05) is 9.64 Å². The van der Waals surface area contributed by atoms with E-state index in [-0.39, 0.29) is 11.3 Å². The van der Waals surface area contributed by atoms with E-state index in [9.17, 15) is 14.9 Å². The molecule has 1 aromatic rings. The summed E-state index contributed by atoms with van der Waals surface area (Å²) in [5.41, 5.74) is -0.632. The van der Waals surface area contributed by atoms with Gasteiger partial charge in [0.2, 0.25) is 0 Å². The van der Waals surface area contributed by atoms with E-state index in [1.807, 2.05) is 0 Å². The second-order valence-electron chi connectivity index (χ2n) is 2.20. The zero-order chi connectivity index (χ0) is 10.0. The van der Waals surface area contributed by atoms with Crippen LogP contribution in [0.3, 0.4) is 0 Å². The lowest BCUT2D eigenvalue weighted by Crippen LogP contribution is -2.04. The Balaban J connectivity index is 3.43. The predicted octanol–water partition coefficient (Wildman–Crippen LogP) is 1.90. The lowest BCUT2D eigenvalue weighted by Gasteiger charge is -1.99. The average Bonchev–Trinajstić information content (AvgIpc) is 2.02. The smallest absolute Gasteiger partial charge is 0.343 e. The van der Waals surface area contributed by atoms with Crippen LogP contribution in [-0.4, -0.2) is 16.0 Å². The number of halogens is 1. The van der Waals surface area contributed by atoms with E-state index in [1.165, 1.54) is 18.2 Å². The summed E-state index contributed by atoms with van der Waals surface area (Å²) in [4.78, 5) is 20.4. The number of hydrogen-bond donors (Lipinski definition) is 1. The SMILES string of the molecule is O=C(O)c1c(I)cccc1[N+](=O)[O-]. The zero-order valence-electron chi connectivity index (χ0n) is 6.23. The molecule has 0 atom stereocenters. The van der Waals surface area contributed by atoms with E-state index in [2.05, 4.69) is 0 Å². The molecule has 1 aromatic carbocycles. The van der Waals surface area contributed by atoms with Gasteiger partial charge in [-0.2, -0.15) is 0 Å². The second kappa shape index (κ2) is 3.69. The van der Waals surface area contributed by atoms with Gasteiger partial charge in [-0.3, -0.25) is 10.1 Å². The number of nitro groups is 1. The number of hydrogen-bond acceptors (Lipinski definition) is 3. The molecule has 5 nitrogen and oxygen atoms in total. The van der Waals surface area contributed by atoms with Crippen LogP contribution >= 0.6 is 22.6 Å². The summed E-state index contributed by atoms with van der Waals surface area (Å²) < 4.78 is 0.360. The van der Waals surface area contributed by atoms with Gasteiger partial charge < -0.3 is 5.11 Å². The Morgan fingerprint density at radius 3 is 2.54 bits per heavy atom. The largest absolute Gasteiger partial charge is 0.477 e. The van der Waals surface area contributed by atoms with Crippen LogP contribution in [0.25, 0.3) is 0 Å². The van der Waals surface area contributed by atoms with E-state index >= 15 is 0 Å². The molecule has 0 radical (unpaired) electrons. The molecular weight excluding hydrogens is 289 g/mol. The fourth-order valence-electron chi connectivity index (χ4n) is 0.877. The standard InChI is InChI=1S/C7H4INO4/c8-4-2-1-3-5(9(12)13)6(4)7(10)11/h1-3H,(H,10,11). The van der Waals surface area contributed by atoms with Gasteiger partial charge in [0.05, 0.1) is 4.92 Å². The predicted molar refractivity (Wildman–Crippen MR) is 52.8 cm³/mol. The van der Waals surface area contributed by atoms with Crippen molar-refractivity contribution in [2.45, 2.75) is 0 Å². The summed E-state index contributed by atoms with van der Waals surface area (Å²) in [5, 5.41) is 19.1. The number of aromatic carboxylic acids is 1. The third-order valence-electron chi connectivity index (χ3n) is 1.40. The number of nitrogens with zero attached hydrogens (tertiary/aromatic N) is 1. The van der Waals surface area contributed by atoms with Crippen LogP contribution in [0.4, 0.5) is 5.69 Å². The highest BCUT2D eigenvalue weighted by molar-refractivity contribution is 14.1. The highest BCUT2D eigenvalue weighted by atomic mass is 127. The minimum atomic E-state index is -1.28. The van der Waals surface area contributed by atoms with Crippen LogP contribution in [0.5, 0.6) is 0 Å². The van der Waals surface area contributed by atoms with Gasteiger partial charge in [0.25, 0.3) is 5.69 Å². The van der Waals surface area contributed by atoms with Crippen molar-refractivity contribution in [2.24, 2.45) is 0 Å². The van der Waals surface area contributed by atoms with E-state index in [1.54, 1.807) is 22.6 Å². The molecule has 0 bridgehead atoms. The Morgan fingerprint density at radius 1 is 1.54 bits per heavy atom. The van der Waals surface area contributed by atoms with Crippen molar-refractivity contribution in [3.63, 3.8) is 0 Å². The minimum absolute atomic E-state index is 0.256. The molecule has 0 saturated carbocycles. The molecule has 1 N–H and O–H groups in total. The van der Waals surface area contributed by atoms with Gasteiger partial charge in [-0.25, -0.2) is 4.79 Å². The van der Waals surface area contributed by atoms with Crippen LogP contribution in [0.1, 0.15) is 10.4 Å². The maximum atomic E-state index is 10.6. The van der Waals surface area contributed by atoms with Gasteiger partial charge in [-0.15, -0.1) is 0 Å². The van der Waals surface area contributed by atoms with E-state index in [0.717, 1.165) is 0 Å². The molecule has 68 valence electrons. The van der Waals surface area contributed by atoms with Crippen LogP contribution in [0, 0.1) is 13.7 Å². The van der Waals surface area contributed by atoms with Crippen molar-refractivity contribution >= 4 is 34.2 Å². The fraction of sp³-hybridized carbons (Fsp3) is 0. The number of carboxylic acid groups (broad SMARTS) is 1. The molecule has 0 aliphatic heterocycles. The first-order valence-electron chi connectivity index (χ1n) is 3.20. The third-order valence-corrected chi connectivity index (χ3v) is 2.30. The molecule has 0 fully saturated rings. The summed E-state index contributed by atoms with van der Waals surface area (Å²) in [6, 6.07) is 4.13. The summed E-state index contributed by atoms with van der Waals surface area (Å²) in [6.45, 7) is 0. The summed E-state index contributed by atoms with van der Waals surface area (Å²) in [5.74, 6) is -1.28. The Morgan fingerprint density at radius 2 is 2.15 bits per heavy atom. The zero-order valence-corrected chi connectivity index (χ0v) is 8.39. The van der Waals surface area contributed by atoms with Gasteiger partial charge in [0.1, 0.15) is 0 Å². The maximum Gasteiger partial charge on any atom is 0.343 e. The lowest BCUT2D eigenvalue weighted by atomic mass is 10.2. The molecule has 13 heavy (non-hydrogen) atoms. The Kier molecular flexibility index (Phi) is 2.81. The Hall–Kier alpha value is -1.18. The number of benzene rings is 1. The monoisotopic (exact) mass is 293 g/mol. The molecule has 0 saturated heterocycles. The number of rotatable bonds is 2. The van der Waals surface area contributed by atoms with Gasteiger partial charge >= 0.3 is 5.97 Å². The van der Waals surface area contributed by atoms with Crippen molar-refractivity contribution in [1.82, 2.24) is 0 Å². The first-order valence-corrected chi connectivity index (χ1v) is 4.28. The maximum absolute atomic E-state index is 10.6. The van der Waals surface area contributed by atoms with E-state index in [4.69, 9.17) is 5.11 Å². The van der Waals surface area contributed by atoms with Crippen molar-refractivity contribution in [3.8, 4) is 0 Å². The van der Waals surface area contributed by atoms with Crippen LogP contribution in [0.2, 0.25) is 0 Å². The number of carboxylic acids is 1. The molecule has 0 heterocycles. The molecule has 0 aliphatic rings. The molecule has 1 rings (SSSR count). The summed E-state index contributed by atoms with van der Waals surface area (Å²) >= 11 is 1.75. The van der Waals surface area contributed by atoms with Gasteiger partial charge in [-0.1, -0.05) is 6.07 Å². The van der Waals surface area contributed by atoms with E-state index < -0.39 is 10.9 Å². The van der Waals surface area contributed by atoms with Gasteiger partial charge in [0.15, 0.2) is 5.56 Å².